The Balaban J connectivity index is 1.57. The summed E-state index contributed by atoms with van der Waals surface area (Å²) in [5, 5.41) is 5.84. The molecule has 2 amide bonds. The van der Waals surface area contributed by atoms with Crippen molar-refractivity contribution in [2.45, 2.75) is 39.7 Å². The van der Waals surface area contributed by atoms with Crippen LogP contribution in [0.1, 0.15) is 54.3 Å². The van der Waals surface area contributed by atoms with Gasteiger partial charge in [-0.3, -0.25) is 14.9 Å². The predicted octanol–water partition coefficient (Wildman–Crippen LogP) is 4.47. The Morgan fingerprint density at radius 2 is 1.71 bits per heavy atom. The standard InChI is InChI=1S/C24H29N3O3S/c1-16(2)30-21-7-5-4-6-20(21)22(28)26-24(31)25-19-10-8-18(9-11-19)23(29)27-14-12-17(3)13-15-27/h4-11,16-17H,12-15H2,1-3H3,(H2,25,26,28,31). The van der Waals surface area contributed by atoms with Gasteiger partial charge < -0.3 is 15.0 Å². The van der Waals surface area contributed by atoms with Gasteiger partial charge >= 0.3 is 0 Å². The number of piperidine rings is 1. The minimum absolute atomic E-state index is 0.0476. The first-order chi connectivity index (χ1) is 14.8. The normalized spacial score (nSPS) is 14.3. The molecule has 2 aromatic rings. The third-order valence-corrected chi connectivity index (χ3v) is 5.39. The number of hydrogen-bond donors (Lipinski definition) is 2. The van der Waals surface area contributed by atoms with Gasteiger partial charge in [0.1, 0.15) is 5.75 Å². The maximum Gasteiger partial charge on any atom is 0.261 e. The second kappa shape index (κ2) is 10.4. The number of amides is 2. The first kappa shape index (κ1) is 22.7. The smallest absolute Gasteiger partial charge is 0.261 e. The van der Waals surface area contributed by atoms with Gasteiger partial charge in [-0.05, 0) is 81.2 Å². The van der Waals surface area contributed by atoms with Crippen LogP contribution in [0, 0.1) is 5.92 Å². The summed E-state index contributed by atoms with van der Waals surface area (Å²) >= 11 is 5.28. The number of nitrogens with zero attached hydrogens (tertiary/aromatic N) is 1. The highest BCUT2D eigenvalue weighted by Gasteiger charge is 2.21. The van der Waals surface area contributed by atoms with E-state index in [1.807, 2.05) is 24.8 Å². The van der Waals surface area contributed by atoms with Gasteiger partial charge in [-0.2, -0.15) is 0 Å². The van der Waals surface area contributed by atoms with Crippen molar-refractivity contribution in [2.75, 3.05) is 18.4 Å². The number of rotatable bonds is 5. The Bertz CT molecular complexity index is 935. The summed E-state index contributed by atoms with van der Waals surface area (Å²) in [6.07, 6.45) is 2.05. The number of thiocarbonyl (C=S) groups is 1. The Morgan fingerprint density at radius 3 is 2.35 bits per heavy atom. The Morgan fingerprint density at radius 1 is 1.06 bits per heavy atom. The van der Waals surface area contributed by atoms with Crippen molar-refractivity contribution in [3.8, 4) is 5.75 Å². The van der Waals surface area contributed by atoms with E-state index in [-0.39, 0.29) is 23.0 Å². The maximum absolute atomic E-state index is 12.7. The summed E-state index contributed by atoms with van der Waals surface area (Å²) in [5.74, 6) is 0.888. The molecule has 0 aliphatic carbocycles. The van der Waals surface area contributed by atoms with Crippen molar-refractivity contribution in [3.63, 3.8) is 0 Å². The van der Waals surface area contributed by atoms with Crippen LogP contribution in [0.5, 0.6) is 5.75 Å². The fourth-order valence-electron chi connectivity index (χ4n) is 3.43. The van der Waals surface area contributed by atoms with Crippen LogP contribution in [0.4, 0.5) is 5.69 Å². The molecule has 1 fully saturated rings. The second-order valence-electron chi connectivity index (χ2n) is 8.12. The Kier molecular flexibility index (Phi) is 7.63. The summed E-state index contributed by atoms with van der Waals surface area (Å²) in [4.78, 5) is 27.2. The lowest BCUT2D eigenvalue weighted by atomic mass is 9.98. The second-order valence-corrected chi connectivity index (χ2v) is 8.53. The van der Waals surface area contributed by atoms with Crippen LogP contribution in [0.2, 0.25) is 0 Å². The predicted molar refractivity (Wildman–Crippen MR) is 127 cm³/mol. The highest BCUT2D eigenvalue weighted by molar-refractivity contribution is 7.80. The van der Waals surface area contributed by atoms with Crippen molar-refractivity contribution in [1.29, 1.82) is 0 Å². The first-order valence-corrected chi connectivity index (χ1v) is 11.0. The number of hydrogen-bond acceptors (Lipinski definition) is 4. The summed E-state index contributed by atoms with van der Waals surface area (Å²) < 4.78 is 5.70. The lowest BCUT2D eigenvalue weighted by Crippen LogP contribution is -2.37. The monoisotopic (exact) mass is 439 g/mol. The van der Waals surface area contributed by atoms with Gasteiger partial charge in [0.15, 0.2) is 5.11 Å². The lowest BCUT2D eigenvalue weighted by molar-refractivity contribution is 0.0697. The minimum Gasteiger partial charge on any atom is -0.490 e. The van der Waals surface area contributed by atoms with E-state index in [4.69, 9.17) is 17.0 Å². The third kappa shape index (κ3) is 6.28. The summed E-state index contributed by atoms with van der Waals surface area (Å²) in [7, 11) is 0. The Hall–Kier alpha value is -2.93. The third-order valence-electron chi connectivity index (χ3n) is 5.18. The molecule has 0 saturated carbocycles. The molecule has 164 valence electrons. The fourth-order valence-corrected chi connectivity index (χ4v) is 3.64. The van der Waals surface area contributed by atoms with Gasteiger partial charge in [-0.1, -0.05) is 19.1 Å². The molecule has 0 radical (unpaired) electrons. The van der Waals surface area contributed by atoms with Crippen molar-refractivity contribution in [1.82, 2.24) is 10.2 Å². The molecule has 0 spiro atoms. The topological polar surface area (TPSA) is 70.7 Å². The van der Waals surface area contributed by atoms with Gasteiger partial charge in [0.2, 0.25) is 0 Å². The SMILES string of the molecule is CC1CCN(C(=O)c2ccc(NC(=S)NC(=O)c3ccccc3OC(C)C)cc2)CC1. The first-order valence-electron chi connectivity index (χ1n) is 10.6. The molecule has 31 heavy (non-hydrogen) atoms. The van der Waals surface area contributed by atoms with E-state index in [1.165, 1.54) is 0 Å². The van der Waals surface area contributed by atoms with Crippen LogP contribution in [0.3, 0.4) is 0 Å². The van der Waals surface area contributed by atoms with Crippen molar-refractivity contribution < 1.29 is 14.3 Å². The number of likely N-dealkylation sites (tertiary alicyclic amines) is 1. The van der Waals surface area contributed by atoms with Gasteiger partial charge in [-0.25, -0.2) is 0 Å². The average Bonchev–Trinajstić information content (AvgIpc) is 2.74. The largest absolute Gasteiger partial charge is 0.490 e. The van der Waals surface area contributed by atoms with E-state index in [1.54, 1.807) is 42.5 Å². The molecule has 0 aromatic heterocycles. The average molecular weight is 440 g/mol. The van der Waals surface area contributed by atoms with Crippen molar-refractivity contribution >= 4 is 34.8 Å². The molecule has 3 rings (SSSR count). The molecule has 2 aromatic carbocycles. The maximum atomic E-state index is 12.7. The number of carbonyl (C=O) groups is 2. The van der Waals surface area contributed by atoms with E-state index in [2.05, 4.69) is 17.6 Å². The number of para-hydroxylation sites is 1. The van der Waals surface area contributed by atoms with Gasteiger partial charge in [0.25, 0.3) is 11.8 Å². The zero-order valence-electron chi connectivity index (χ0n) is 18.2. The fraction of sp³-hybridized carbons (Fsp3) is 0.375. The van der Waals surface area contributed by atoms with Gasteiger partial charge in [0, 0.05) is 24.3 Å². The highest BCUT2D eigenvalue weighted by Crippen LogP contribution is 2.20. The molecule has 1 heterocycles. The number of anilines is 1. The molecule has 1 saturated heterocycles. The molecule has 7 heteroatoms. The minimum atomic E-state index is -0.347. The van der Waals surface area contributed by atoms with Crippen LogP contribution in [-0.4, -0.2) is 41.0 Å². The van der Waals surface area contributed by atoms with Crippen LogP contribution in [-0.2, 0) is 0 Å². The quantitative estimate of drug-likeness (QED) is 0.673. The van der Waals surface area contributed by atoms with E-state index in [9.17, 15) is 9.59 Å². The molecule has 2 N–H and O–H groups in total. The number of carbonyl (C=O) groups excluding carboxylic acids is 2. The molecular weight excluding hydrogens is 410 g/mol. The molecule has 1 aliphatic heterocycles. The zero-order chi connectivity index (χ0) is 22.4. The van der Waals surface area contributed by atoms with Crippen LogP contribution in [0.15, 0.2) is 48.5 Å². The van der Waals surface area contributed by atoms with E-state index in [0.717, 1.165) is 25.9 Å². The van der Waals surface area contributed by atoms with Crippen LogP contribution in [0.25, 0.3) is 0 Å². The number of ether oxygens (including phenoxy) is 1. The van der Waals surface area contributed by atoms with Crippen LogP contribution < -0.4 is 15.4 Å². The molecule has 0 bridgehead atoms. The molecule has 0 unspecified atom stereocenters. The molecule has 6 nitrogen and oxygen atoms in total. The molecule has 1 aliphatic rings. The van der Waals surface area contributed by atoms with Crippen molar-refractivity contribution in [3.05, 3.63) is 59.7 Å². The van der Waals surface area contributed by atoms with E-state index in [0.29, 0.717) is 28.5 Å². The van der Waals surface area contributed by atoms with E-state index >= 15 is 0 Å². The lowest BCUT2D eigenvalue weighted by Gasteiger charge is -2.30. The summed E-state index contributed by atoms with van der Waals surface area (Å²) in [6, 6.07) is 14.2. The highest BCUT2D eigenvalue weighted by atomic mass is 32.1. The number of benzene rings is 2. The molecule has 0 atom stereocenters. The number of nitrogens with one attached hydrogen (secondary N) is 2. The molecular formula is C24H29N3O3S. The van der Waals surface area contributed by atoms with Gasteiger partial charge in [0.05, 0.1) is 11.7 Å². The van der Waals surface area contributed by atoms with Crippen LogP contribution >= 0.6 is 12.2 Å². The Labute approximate surface area is 189 Å². The van der Waals surface area contributed by atoms with E-state index < -0.39 is 0 Å². The summed E-state index contributed by atoms with van der Waals surface area (Å²) in [6.45, 7) is 7.64. The summed E-state index contributed by atoms with van der Waals surface area (Å²) in [5.41, 5.74) is 1.76. The van der Waals surface area contributed by atoms with Crippen molar-refractivity contribution in [2.24, 2.45) is 5.92 Å². The zero-order valence-corrected chi connectivity index (χ0v) is 19.0. The van der Waals surface area contributed by atoms with Gasteiger partial charge in [-0.15, -0.1) is 0 Å².